The molecule has 10 nitrogen and oxygen atoms in total. The van der Waals surface area contributed by atoms with E-state index in [-0.39, 0.29) is 24.3 Å². The summed E-state index contributed by atoms with van der Waals surface area (Å²) in [6.45, 7) is 3.48. The molecule has 2 aromatic heterocycles. The smallest absolute Gasteiger partial charge is 0.231 e. The normalized spacial score (nSPS) is 14.4. The van der Waals surface area contributed by atoms with Gasteiger partial charge in [-0.05, 0) is 43.2 Å². The van der Waals surface area contributed by atoms with Crippen LogP contribution in [0.2, 0.25) is 0 Å². The summed E-state index contributed by atoms with van der Waals surface area (Å²) in [7, 11) is 1.62. The first-order valence-corrected chi connectivity index (χ1v) is 10.6. The van der Waals surface area contributed by atoms with Crippen molar-refractivity contribution in [3.05, 3.63) is 36.4 Å². The number of carbonyl (C=O) groups excluding carboxylic acids is 2. The van der Waals surface area contributed by atoms with Gasteiger partial charge in [-0.1, -0.05) is 0 Å². The van der Waals surface area contributed by atoms with E-state index < -0.39 is 0 Å². The second-order valence-corrected chi connectivity index (χ2v) is 7.61. The highest BCUT2D eigenvalue weighted by atomic mass is 16.5. The van der Waals surface area contributed by atoms with Gasteiger partial charge in [-0.2, -0.15) is 4.52 Å². The van der Waals surface area contributed by atoms with E-state index in [1.165, 1.54) is 0 Å². The predicted molar refractivity (Wildman–Crippen MR) is 116 cm³/mol. The van der Waals surface area contributed by atoms with Crippen molar-refractivity contribution in [3.8, 4) is 23.0 Å². The summed E-state index contributed by atoms with van der Waals surface area (Å²) in [5.74, 6) is 1.76. The summed E-state index contributed by atoms with van der Waals surface area (Å²) in [6.07, 6.45) is 1.37. The Balaban J connectivity index is 1.31. The van der Waals surface area contributed by atoms with E-state index in [1.807, 2.05) is 24.3 Å². The molecule has 168 valence electrons. The van der Waals surface area contributed by atoms with Crippen molar-refractivity contribution in [2.24, 2.45) is 5.92 Å². The maximum absolute atomic E-state index is 12.4. The number of likely N-dealkylation sites (tertiary alicyclic amines) is 1. The van der Waals surface area contributed by atoms with Crippen molar-refractivity contribution in [2.75, 3.05) is 33.4 Å². The highest BCUT2D eigenvalue weighted by molar-refractivity contribution is 5.79. The number of piperidine rings is 1. The lowest BCUT2D eigenvalue weighted by molar-refractivity contribution is -0.133. The Morgan fingerprint density at radius 2 is 1.84 bits per heavy atom. The number of carbonyl (C=O) groups is 2. The lowest BCUT2D eigenvalue weighted by atomic mass is 9.96. The number of rotatable bonds is 7. The van der Waals surface area contributed by atoms with Gasteiger partial charge in [-0.3, -0.25) is 9.59 Å². The summed E-state index contributed by atoms with van der Waals surface area (Å²) < 4.78 is 12.5. The minimum atomic E-state index is -0.0656. The fraction of sp³-hybridized carbons (Fsp3) is 0.409. The van der Waals surface area contributed by atoms with Crippen LogP contribution in [-0.2, 0) is 9.59 Å². The van der Waals surface area contributed by atoms with E-state index in [0.717, 1.165) is 11.3 Å². The number of ether oxygens (including phenoxy) is 2. The van der Waals surface area contributed by atoms with Crippen molar-refractivity contribution < 1.29 is 19.1 Å². The highest BCUT2D eigenvalue weighted by Crippen LogP contribution is 2.22. The molecule has 1 aliphatic heterocycles. The Morgan fingerprint density at radius 1 is 1.09 bits per heavy atom. The van der Waals surface area contributed by atoms with E-state index in [2.05, 4.69) is 20.6 Å². The Kier molecular flexibility index (Phi) is 6.48. The quantitative estimate of drug-likeness (QED) is 0.557. The topological polar surface area (TPSA) is 111 Å². The average Bonchev–Trinajstić information content (AvgIpc) is 3.25. The van der Waals surface area contributed by atoms with Gasteiger partial charge in [0.05, 0.1) is 13.7 Å². The van der Waals surface area contributed by atoms with Crippen LogP contribution in [-0.4, -0.2) is 69.9 Å². The van der Waals surface area contributed by atoms with Gasteiger partial charge < -0.3 is 19.7 Å². The van der Waals surface area contributed by atoms with Crippen LogP contribution in [0.15, 0.2) is 36.4 Å². The summed E-state index contributed by atoms with van der Waals surface area (Å²) in [5.41, 5.74) is 1.46. The standard InChI is InChI=1S/C22H26N6O4/c1-15(29)27-12-9-17(10-13-27)22(30)23-11-14-32-20-8-7-19-24-25-21(28(19)26-20)16-3-5-18(31-2)6-4-16/h3-8,17H,9-14H2,1-2H3,(H,23,30). The first-order chi connectivity index (χ1) is 15.5. The van der Waals surface area contributed by atoms with Gasteiger partial charge in [0.1, 0.15) is 12.4 Å². The summed E-state index contributed by atoms with van der Waals surface area (Å²) >= 11 is 0. The fourth-order valence-corrected chi connectivity index (χ4v) is 3.70. The van der Waals surface area contributed by atoms with E-state index in [4.69, 9.17) is 9.47 Å². The number of benzene rings is 1. The van der Waals surface area contributed by atoms with Crippen LogP contribution >= 0.6 is 0 Å². The lowest BCUT2D eigenvalue weighted by Crippen LogP contribution is -2.42. The Bertz CT molecular complexity index is 1090. The number of amides is 2. The number of aromatic nitrogens is 4. The van der Waals surface area contributed by atoms with E-state index in [9.17, 15) is 9.59 Å². The molecule has 2 amide bonds. The molecular weight excluding hydrogens is 412 g/mol. The van der Waals surface area contributed by atoms with Crippen molar-refractivity contribution in [1.82, 2.24) is 30.0 Å². The second-order valence-electron chi connectivity index (χ2n) is 7.61. The maximum atomic E-state index is 12.4. The third-order valence-corrected chi connectivity index (χ3v) is 5.55. The molecule has 0 aliphatic carbocycles. The van der Waals surface area contributed by atoms with Crippen molar-refractivity contribution in [2.45, 2.75) is 19.8 Å². The molecule has 1 aromatic carbocycles. The number of methoxy groups -OCH3 is 1. The minimum Gasteiger partial charge on any atom is -0.497 e. The summed E-state index contributed by atoms with van der Waals surface area (Å²) in [6, 6.07) is 11.0. The van der Waals surface area contributed by atoms with Crippen LogP contribution in [0.1, 0.15) is 19.8 Å². The van der Waals surface area contributed by atoms with Gasteiger partial charge in [0.2, 0.25) is 17.7 Å². The fourth-order valence-electron chi connectivity index (χ4n) is 3.70. The SMILES string of the molecule is COc1ccc(-c2nnc3ccc(OCCNC(=O)C4CCN(C(C)=O)CC4)nn23)cc1. The van der Waals surface area contributed by atoms with Crippen molar-refractivity contribution in [3.63, 3.8) is 0 Å². The third-order valence-electron chi connectivity index (χ3n) is 5.55. The van der Waals surface area contributed by atoms with E-state index in [0.29, 0.717) is 49.8 Å². The number of nitrogens with one attached hydrogen (secondary N) is 1. The average molecular weight is 438 g/mol. The maximum Gasteiger partial charge on any atom is 0.231 e. The molecule has 0 unspecified atom stereocenters. The van der Waals surface area contributed by atoms with Crippen LogP contribution in [0.25, 0.3) is 17.0 Å². The summed E-state index contributed by atoms with van der Waals surface area (Å²) in [4.78, 5) is 25.5. The molecule has 3 aromatic rings. The highest BCUT2D eigenvalue weighted by Gasteiger charge is 2.25. The molecule has 1 aliphatic rings. The van der Waals surface area contributed by atoms with E-state index in [1.54, 1.807) is 35.6 Å². The number of nitrogens with zero attached hydrogens (tertiary/aromatic N) is 5. The van der Waals surface area contributed by atoms with Crippen molar-refractivity contribution in [1.29, 1.82) is 0 Å². The van der Waals surface area contributed by atoms with Gasteiger partial charge in [0.25, 0.3) is 0 Å². The molecule has 1 fully saturated rings. The first kappa shape index (κ1) is 21.5. The molecular formula is C22H26N6O4. The van der Waals surface area contributed by atoms with Crippen LogP contribution in [0.5, 0.6) is 11.6 Å². The molecule has 3 heterocycles. The van der Waals surface area contributed by atoms with Gasteiger partial charge in [-0.15, -0.1) is 15.3 Å². The molecule has 0 spiro atoms. The second kappa shape index (κ2) is 9.63. The molecule has 0 saturated carbocycles. The van der Waals surface area contributed by atoms with Gasteiger partial charge in [0, 0.05) is 37.6 Å². The van der Waals surface area contributed by atoms with Crippen molar-refractivity contribution >= 4 is 17.5 Å². The molecule has 10 heteroatoms. The minimum absolute atomic E-state index is 0.000755. The van der Waals surface area contributed by atoms with Gasteiger partial charge in [0.15, 0.2) is 11.5 Å². The van der Waals surface area contributed by atoms with Crippen LogP contribution in [0.3, 0.4) is 0 Å². The number of hydrogen-bond donors (Lipinski definition) is 1. The first-order valence-electron chi connectivity index (χ1n) is 10.6. The summed E-state index contributed by atoms with van der Waals surface area (Å²) in [5, 5.41) is 15.8. The predicted octanol–water partition coefficient (Wildman–Crippen LogP) is 1.55. The van der Waals surface area contributed by atoms with E-state index >= 15 is 0 Å². The molecule has 1 saturated heterocycles. The molecule has 32 heavy (non-hydrogen) atoms. The molecule has 0 radical (unpaired) electrons. The van der Waals surface area contributed by atoms with Gasteiger partial charge >= 0.3 is 0 Å². The Morgan fingerprint density at radius 3 is 2.53 bits per heavy atom. The largest absolute Gasteiger partial charge is 0.497 e. The van der Waals surface area contributed by atoms with Crippen LogP contribution in [0, 0.1) is 5.92 Å². The third kappa shape index (κ3) is 4.79. The molecule has 1 N–H and O–H groups in total. The Labute approximate surface area is 185 Å². The van der Waals surface area contributed by atoms with Crippen LogP contribution < -0.4 is 14.8 Å². The van der Waals surface area contributed by atoms with Crippen LogP contribution in [0.4, 0.5) is 0 Å². The zero-order valence-corrected chi connectivity index (χ0v) is 18.2. The molecule has 0 atom stereocenters. The number of fused-ring (bicyclic) bond motifs is 1. The molecule has 4 rings (SSSR count). The monoisotopic (exact) mass is 438 g/mol. The van der Waals surface area contributed by atoms with Gasteiger partial charge in [-0.25, -0.2) is 0 Å². The number of hydrogen-bond acceptors (Lipinski definition) is 7. The Hall–Kier alpha value is -3.69. The zero-order chi connectivity index (χ0) is 22.5. The zero-order valence-electron chi connectivity index (χ0n) is 18.2. The lowest BCUT2D eigenvalue weighted by Gasteiger charge is -2.30. The molecule has 0 bridgehead atoms.